The van der Waals surface area contributed by atoms with Gasteiger partial charge in [0.25, 0.3) is 5.91 Å². The minimum absolute atomic E-state index is 0.210. The van der Waals surface area contributed by atoms with Crippen LogP contribution in [0.3, 0.4) is 0 Å². The highest BCUT2D eigenvalue weighted by molar-refractivity contribution is 7.89. The number of amides is 1. The van der Waals surface area contributed by atoms with Gasteiger partial charge in [-0.15, -0.1) is 0 Å². The molecule has 27 heavy (non-hydrogen) atoms. The van der Waals surface area contributed by atoms with Crippen molar-refractivity contribution in [1.29, 1.82) is 5.26 Å². The van der Waals surface area contributed by atoms with Crippen molar-refractivity contribution in [3.8, 4) is 6.07 Å². The van der Waals surface area contributed by atoms with Crippen molar-refractivity contribution in [1.82, 2.24) is 9.62 Å². The number of hydrogen-bond acceptors (Lipinski definition) is 4. The van der Waals surface area contributed by atoms with Crippen LogP contribution in [-0.4, -0.2) is 37.3 Å². The molecule has 2 fully saturated rings. The molecule has 6 nitrogen and oxygen atoms in total. The molecule has 146 valence electrons. The molecule has 0 unspecified atom stereocenters. The average molecular weight is 390 g/mol. The van der Waals surface area contributed by atoms with Crippen LogP contribution >= 0.6 is 0 Å². The molecule has 1 N–H and O–H groups in total. The summed E-state index contributed by atoms with van der Waals surface area (Å²) in [7, 11) is -3.52. The van der Waals surface area contributed by atoms with E-state index in [4.69, 9.17) is 0 Å². The summed E-state index contributed by atoms with van der Waals surface area (Å²) in [5, 5.41) is 12.4. The number of carbonyl (C=O) groups excluding carboxylic acids is 1. The van der Waals surface area contributed by atoms with E-state index in [9.17, 15) is 18.5 Å². The molecule has 1 heterocycles. The van der Waals surface area contributed by atoms with Gasteiger partial charge in [0, 0.05) is 18.7 Å². The summed E-state index contributed by atoms with van der Waals surface area (Å²) in [5.74, 6) is 0.226. The van der Waals surface area contributed by atoms with Crippen molar-refractivity contribution < 1.29 is 13.2 Å². The van der Waals surface area contributed by atoms with Gasteiger partial charge in [0.05, 0.1) is 11.0 Å². The molecule has 0 bridgehead atoms. The van der Waals surface area contributed by atoms with E-state index in [1.165, 1.54) is 28.6 Å². The summed E-state index contributed by atoms with van der Waals surface area (Å²) >= 11 is 0. The van der Waals surface area contributed by atoms with Gasteiger partial charge >= 0.3 is 0 Å². The summed E-state index contributed by atoms with van der Waals surface area (Å²) in [6.07, 6.45) is 6.01. The molecule has 2 aliphatic rings. The smallest absolute Gasteiger partial charge is 0.252 e. The Labute approximate surface area is 161 Å². The van der Waals surface area contributed by atoms with E-state index in [1.807, 2.05) is 0 Å². The van der Waals surface area contributed by atoms with Crippen LogP contribution in [0.2, 0.25) is 0 Å². The summed E-state index contributed by atoms with van der Waals surface area (Å²) in [6, 6.07) is 8.30. The van der Waals surface area contributed by atoms with E-state index in [0.29, 0.717) is 37.4 Å². The van der Waals surface area contributed by atoms with Gasteiger partial charge in [-0.05, 0) is 55.9 Å². The zero-order valence-corrected chi connectivity index (χ0v) is 16.6. The summed E-state index contributed by atoms with van der Waals surface area (Å²) in [5.41, 5.74) is -0.425. The van der Waals surface area contributed by atoms with Crippen molar-refractivity contribution >= 4 is 15.9 Å². The molecule has 0 aromatic heterocycles. The standard InChI is InChI=1S/C20H27N3O3S/c1-16-9-13-23(14-10-16)27(25,26)18-7-5-17(6-8-18)19(24)22-20(15-21)11-3-2-4-12-20/h5-8,16H,2-4,9-14H2,1H3,(H,22,24). The lowest BCUT2D eigenvalue weighted by atomic mass is 9.82. The maximum atomic E-state index is 12.8. The fraction of sp³-hybridized carbons (Fsp3) is 0.600. The van der Waals surface area contributed by atoms with E-state index < -0.39 is 15.6 Å². The largest absolute Gasteiger partial charge is 0.334 e. The molecule has 1 aliphatic heterocycles. The number of sulfonamides is 1. The van der Waals surface area contributed by atoms with Crippen molar-refractivity contribution in [2.75, 3.05) is 13.1 Å². The predicted octanol–water partition coefficient (Wildman–Crippen LogP) is 3.06. The first kappa shape index (κ1) is 19.8. The first-order valence-corrected chi connectivity index (χ1v) is 11.1. The molecule has 1 aromatic rings. The average Bonchev–Trinajstić information content (AvgIpc) is 2.69. The molecule has 3 rings (SSSR count). The Kier molecular flexibility index (Phi) is 5.87. The van der Waals surface area contributed by atoms with Crippen LogP contribution in [0.1, 0.15) is 62.2 Å². The first-order valence-electron chi connectivity index (χ1n) is 9.70. The molecule has 1 amide bonds. The fourth-order valence-corrected chi connectivity index (χ4v) is 5.33. The molecule has 7 heteroatoms. The van der Waals surface area contributed by atoms with Crippen LogP contribution in [0, 0.1) is 17.2 Å². The second-order valence-corrected chi connectivity index (χ2v) is 9.76. The molecular weight excluding hydrogens is 362 g/mol. The van der Waals surface area contributed by atoms with Gasteiger partial charge in [-0.3, -0.25) is 4.79 Å². The predicted molar refractivity (Wildman–Crippen MR) is 102 cm³/mol. The van der Waals surface area contributed by atoms with Gasteiger partial charge in [0.15, 0.2) is 0 Å². The topological polar surface area (TPSA) is 90.3 Å². The third-order valence-electron chi connectivity index (χ3n) is 5.77. The minimum atomic E-state index is -3.52. The monoisotopic (exact) mass is 389 g/mol. The molecule has 0 atom stereocenters. The number of benzene rings is 1. The van der Waals surface area contributed by atoms with Gasteiger partial charge in [-0.2, -0.15) is 9.57 Å². The Hall–Kier alpha value is -1.91. The zero-order valence-electron chi connectivity index (χ0n) is 15.8. The third-order valence-corrected chi connectivity index (χ3v) is 7.68. The molecular formula is C20H27N3O3S. The van der Waals surface area contributed by atoms with Gasteiger partial charge in [0.1, 0.15) is 5.54 Å². The highest BCUT2D eigenvalue weighted by Crippen LogP contribution is 2.28. The first-order chi connectivity index (χ1) is 12.9. The molecule has 0 spiro atoms. The number of rotatable bonds is 4. The van der Waals surface area contributed by atoms with Gasteiger partial charge < -0.3 is 5.32 Å². The maximum absolute atomic E-state index is 12.8. The lowest BCUT2D eigenvalue weighted by Gasteiger charge is -2.31. The van der Waals surface area contributed by atoms with E-state index >= 15 is 0 Å². The van der Waals surface area contributed by atoms with Crippen LogP contribution in [0.15, 0.2) is 29.2 Å². The molecule has 1 saturated carbocycles. The van der Waals surface area contributed by atoms with Crippen LogP contribution in [0.4, 0.5) is 0 Å². The third kappa shape index (κ3) is 4.33. The Morgan fingerprint density at radius 3 is 2.30 bits per heavy atom. The van der Waals surface area contributed by atoms with Gasteiger partial charge in [-0.1, -0.05) is 26.2 Å². The van der Waals surface area contributed by atoms with Gasteiger partial charge in [0.2, 0.25) is 10.0 Å². The Morgan fingerprint density at radius 2 is 1.74 bits per heavy atom. The van der Waals surface area contributed by atoms with E-state index in [1.54, 1.807) is 0 Å². The minimum Gasteiger partial charge on any atom is -0.334 e. The lowest BCUT2D eigenvalue weighted by Crippen LogP contribution is -2.48. The van der Waals surface area contributed by atoms with Crippen LogP contribution in [0.5, 0.6) is 0 Å². The Balaban J connectivity index is 1.71. The number of piperidine rings is 1. The number of nitriles is 1. The van der Waals surface area contributed by atoms with Crippen molar-refractivity contribution in [3.05, 3.63) is 29.8 Å². The van der Waals surface area contributed by atoms with E-state index in [-0.39, 0.29) is 10.8 Å². The van der Waals surface area contributed by atoms with Crippen LogP contribution < -0.4 is 5.32 Å². The summed E-state index contributed by atoms with van der Waals surface area (Å²) in [4.78, 5) is 12.8. The van der Waals surface area contributed by atoms with Crippen molar-refractivity contribution in [3.63, 3.8) is 0 Å². The summed E-state index contributed by atoms with van der Waals surface area (Å²) in [6.45, 7) is 3.21. The Bertz CT molecular complexity index is 813. The maximum Gasteiger partial charge on any atom is 0.252 e. The zero-order chi connectivity index (χ0) is 19.5. The summed E-state index contributed by atoms with van der Waals surface area (Å²) < 4.78 is 27.1. The van der Waals surface area contributed by atoms with Gasteiger partial charge in [-0.25, -0.2) is 8.42 Å². The fourth-order valence-electron chi connectivity index (χ4n) is 3.86. The highest BCUT2D eigenvalue weighted by atomic mass is 32.2. The van der Waals surface area contributed by atoms with E-state index in [2.05, 4.69) is 18.3 Å². The lowest BCUT2D eigenvalue weighted by molar-refractivity contribution is 0.0902. The molecule has 0 radical (unpaired) electrons. The number of carbonyl (C=O) groups is 1. The van der Waals surface area contributed by atoms with Crippen molar-refractivity contribution in [2.24, 2.45) is 5.92 Å². The normalized spacial score (nSPS) is 21.3. The number of nitrogens with one attached hydrogen (secondary N) is 1. The molecule has 1 aliphatic carbocycles. The van der Waals surface area contributed by atoms with E-state index in [0.717, 1.165) is 32.1 Å². The Morgan fingerprint density at radius 1 is 1.15 bits per heavy atom. The van der Waals surface area contributed by atoms with Crippen LogP contribution in [0.25, 0.3) is 0 Å². The van der Waals surface area contributed by atoms with Crippen LogP contribution in [-0.2, 0) is 10.0 Å². The van der Waals surface area contributed by atoms with Crippen molar-refractivity contribution in [2.45, 2.75) is 62.3 Å². The molecule has 1 aromatic carbocycles. The second-order valence-electron chi connectivity index (χ2n) is 7.82. The number of nitrogens with zero attached hydrogens (tertiary/aromatic N) is 2. The molecule has 1 saturated heterocycles. The second kappa shape index (κ2) is 7.99. The SMILES string of the molecule is CC1CCN(S(=O)(=O)c2ccc(C(=O)NC3(C#N)CCCCC3)cc2)CC1. The number of hydrogen-bond donors (Lipinski definition) is 1. The highest BCUT2D eigenvalue weighted by Gasteiger charge is 2.34. The quantitative estimate of drug-likeness (QED) is 0.857.